The van der Waals surface area contributed by atoms with Gasteiger partial charge >= 0.3 is 0 Å². The van der Waals surface area contributed by atoms with Crippen LogP contribution in [0.2, 0.25) is 0 Å². The lowest BCUT2D eigenvalue weighted by atomic mass is 9.70. The first-order valence-corrected chi connectivity index (χ1v) is 3.77. The number of hydrogen-bond donors (Lipinski definition) is 2. The molecule has 0 unspecified atom stereocenters. The smallest absolute Gasteiger partial charge is 0.00127 e. The molecule has 0 aromatic heterocycles. The highest BCUT2D eigenvalue weighted by Gasteiger charge is 2.33. The molecule has 1 rings (SSSR count). The minimum absolute atomic E-state index is 0.448. The van der Waals surface area contributed by atoms with Crippen molar-refractivity contribution < 1.29 is 0 Å². The van der Waals surface area contributed by atoms with Gasteiger partial charge in [-0.05, 0) is 30.6 Å². The van der Waals surface area contributed by atoms with Crippen molar-refractivity contribution in [1.29, 1.82) is 0 Å². The Labute approximate surface area is 56.1 Å². The van der Waals surface area contributed by atoms with Gasteiger partial charge in [0.15, 0.2) is 0 Å². The molecule has 48 valence electrons. The van der Waals surface area contributed by atoms with Crippen LogP contribution in [0.15, 0.2) is 0 Å². The molecule has 0 heterocycles. The molecule has 0 aromatic rings. The van der Waals surface area contributed by atoms with Crippen molar-refractivity contribution in [2.45, 2.75) is 19.3 Å². The molecule has 0 radical (unpaired) electrons. The first-order chi connectivity index (χ1) is 3.83. The maximum absolute atomic E-state index is 5.53. The second-order valence-electron chi connectivity index (χ2n) is 2.72. The Kier molecular flexibility index (Phi) is 1.83. The molecule has 1 nitrogen and oxygen atoms in total. The molecule has 0 aliphatic heterocycles. The van der Waals surface area contributed by atoms with Crippen LogP contribution in [0.1, 0.15) is 19.3 Å². The molecule has 0 spiro atoms. The van der Waals surface area contributed by atoms with E-state index in [2.05, 4.69) is 12.6 Å². The van der Waals surface area contributed by atoms with Crippen LogP contribution in [0.3, 0.4) is 0 Å². The van der Waals surface area contributed by atoms with Gasteiger partial charge in [-0.2, -0.15) is 12.6 Å². The van der Waals surface area contributed by atoms with Crippen LogP contribution in [-0.4, -0.2) is 12.3 Å². The molecular formula is C6H13NS. The third-order valence-corrected chi connectivity index (χ3v) is 2.85. The number of hydrogen-bond acceptors (Lipinski definition) is 2. The molecule has 0 atom stereocenters. The van der Waals surface area contributed by atoms with Gasteiger partial charge in [0.1, 0.15) is 0 Å². The summed E-state index contributed by atoms with van der Waals surface area (Å²) < 4.78 is 0. The first kappa shape index (κ1) is 6.43. The van der Waals surface area contributed by atoms with Gasteiger partial charge in [0.2, 0.25) is 0 Å². The summed E-state index contributed by atoms with van der Waals surface area (Å²) in [5.74, 6) is 0.976. The highest BCUT2D eigenvalue weighted by molar-refractivity contribution is 7.80. The molecule has 0 amide bonds. The Hall–Kier alpha value is 0.310. The van der Waals surface area contributed by atoms with Gasteiger partial charge < -0.3 is 5.73 Å². The van der Waals surface area contributed by atoms with Crippen molar-refractivity contribution >= 4 is 12.6 Å². The summed E-state index contributed by atoms with van der Waals surface area (Å²) in [4.78, 5) is 0. The summed E-state index contributed by atoms with van der Waals surface area (Å²) >= 11 is 4.23. The quantitative estimate of drug-likeness (QED) is 0.538. The van der Waals surface area contributed by atoms with Crippen LogP contribution in [0.4, 0.5) is 0 Å². The van der Waals surface area contributed by atoms with Gasteiger partial charge in [-0.3, -0.25) is 0 Å². The van der Waals surface area contributed by atoms with E-state index in [-0.39, 0.29) is 0 Å². The van der Waals surface area contributed by atoms with E-state index in [0.717, 1.165) is 12.3 Å². The highest BCUT2D eigenvalue weighted by Crippen LogP contribution is 2.40. The summed E-state index contributed by atoms with van der Waals surface area (Å²) in [6.45, 7) is 0.830. The lowest BCUT2D eigenvalue weighted by Gasteiger charge is -2.39. The van der Waals surface area contributed by atoms with Crippen molar-refractivity contribution in [3.8, 4) is 0 Å². The molecule has 0 aromatic carbocycles. The minimum Gasteiger partial charge on any atom is -0.330 e. The highest BCUT2D eigenvalue weighted by atomic mass is 32.1. The maximum Gasteiger partial charge on any atom is -0.00127 e. The van der Waals surface area contributed by atoms with Gasteiger partial charge in [0, 0.05) is 0 Å². The third-order valence-electron chi connectivity index (χ3n) is 2.18. The zero-order valence-corrected chi connectivity index (χ0v) is 5.95. The van der Waals surface area contributed by atoms with Crippen LogP contribution in [-0.2, 0) is 0 Å². The van der Waals surface area contributed by atoms with E-state index in [1.165, 1.54) is 19.3 Å². The van der Waals surface area contributed by atoms with Crippen LogP contribution >= 0.6 is 12.6 Å². The molecule has 1 aliphatic rings. The Morgan fingerprint density at radius 2 is 2.12 bits per heavy atom. The van der Waals surface area contributed by atoms with Gasteiger partial charge in [-0.25, -0.2) is 0 Å². The Bertz CT molecular complexity index is 65.1. The van der Waals surface area contributed by atoms with Crippen molar-refractivity contribution in [2.24, 2.45) is 11.1 Å². The second-order valence-corrected chi connectivity index (χ2v) is 3.03. The van der Waals surface area contributed by atoms with Crippen LogP contribution < -0.4 is 5.73 Å². The van der Waals surface area contributed by atoms with E-state index < -0.39 is 0 Å². The predicted octanol–water partition coefficient (Wildman–Crippen LogP) is 1.05. The SMILES string of the molecule is NCC1(CS)CCC1. The fraction of sp³-hybridized carbons (Fsp3) is 1.00. The summed E-state index contributed by atoms with van der Waals surface area (Å²) in [5.41, 5.74) is 5.98. The fourth-order valence-electron chi connectivity index (χ4n) is 1.10. The van der Waals surface area contributed by atoms with Gasteiger partial charge in [-0.15, -0.1) is 0 Å². The summed E-state index contributed by atoms with van der Waals surface area (Å²) in [7, 11) is 0. The van der Waals surface area contributed by atoms with E-state index in [0.29, 0.717) is 5.41 Å². The lowest BCUT2D eigenvalue weighted by molar-refractivity contribution is 0.180. The molecule has 8 heavy (non-hydrogen) atoms. The molecule has 2 N–H and O–H groups in total. The van der Waals surface area contributed by atoms with E-state index in [4.69, 9.17) is 5.73 Å². The van der Waals surface area contributed by atoms with Crippen LogP contribution in [0.25, 0.3) is 0 Å². The van der Waals surface area contributed by atoms with Crippen molar-refractivity contribution in [3.05, 3.63) is 0 Å². The van der Waals surface area contributed by atoms with Crippen molar-refractivity contribution in [3.63, 3.8) is 0 Å². The molecule has 2 heteroatoms. The van der Waals surface area contributed by atoms with E-state index in [1.54, 1.807) is 0 Å². The van der Waals surface area contributed by atoms with Gasteiger partial charge in [0.05, 0.1) is 0 Å². The third kappa shape index (κ3) is 0.869. The fourth-order valence-corrected chi connectivity index (χ4v) is 1.55. The molecule has 0 saturated heterocycles. The van der Waals surface area contributed by atoms with Gasteiger partial charge in [-0.1, -0.05) is 6.42 Å². The minimum atomic E-state index is 0.448. The van der Waals surface area contributed by atoms with E-state index >= 15 is 0 Å². The monoisotopic (exact) mass is 131 g/mol. The lowest BCUT2D eigenvalue weighted by Crippen LogP contribution is -2.38. The Balaban J connectivity index is 2.33. The van der Waals surface area contributed by atoms with Crippen LogP contribution in [0.5, 0.6) is 0 Å². The molecule has 1 fully saturated rings. The first-order valence-electron chi connectivity index (χ1n) is 3.14. The van der Waals surface area contributed by atoms with Gasteiger partial charge in [0.25, 0.3) is 0 Å². The zero-order chi connectivity index (χ0) is 6.04. The molecule has 1 aliphatic carbocycles. The predicted molar refractivity (Wildman–Crippen MR) is 39.2 cm³/mol. The average Bonchev–Trinajstić information content (AvgIpc) is 1.67. The topological polar surface area (TPSA) is 26.0 Å². The zero-order valence-electron chi connectivity index (χ0n) is 5.06. The summed E-state index contributed by atoms with van der Waals surface area (Å²) in [6, 6.07) is 0. The number of thiol groups is 1. The largest absolute Gasteiger partial charge is 0.330 e. The molecular weight excluding hydrogens is 118 g/mol. The maximum atomic E-state index is 5.53. The Morgan fingerprint density at radius 1 is 1.50 bits per heavy atom. The van der Waals surface area contributed by atoms with Crippen molar-refractivity contribution in [2.75, 3.05) is 12.3 Å². The average molecular weight is 131 g/mol. The van der Waals surface area contributed by atoms with Crippen molar-refractivity contribution in [1.82, 2.24) is 0 Å². The summed E-state index contributed by atoms with van der Waals surface area (Å²) in [5, 5.41) is 0. The molecule has 1 saturated carbocycles. The number of rotatable bonds is 2. The summed E-state index contributed by atoms with van der Waals surface area (Å²) in [6.07, 6.45) is 3.96. The number of nitrogens with two attached hydrogens (primary N) is 1. The molecule has 0 bridgehead atoms. The van der Waals surface area contributed by atoms with Crippen LogP contribution in [0, 0.1) is 5.41 Å². The normalized spacial score (nSPS) is 24.8. The second kappa shape index (κ2) is 2.28. The van der Waals surface area contributed by atoms with E-state index in [9.17, 15) is 0 Å². The Morgan fingerprint density at radius 3 is 2.12 bits per heavy atom. The van der Waals surface area contributed by atoms with E-state index in [1.807, 2.05) is 0 Å². The standard InChI is InChI=1S/C6H13NS/c7-4-6(5-8)2-1-3-6/h8H,1-5,7H2.